The Kier molecular flexibility index (Phi) is 9.39. The van der Waals surface area contributed by atoms with Crippen LogP contribution in [0.4, 0.5) is 0 Å². The third kappa shape index (κ3) is 8.18. The third-order valence-electron chi connectivity index (χ3n) is 6.72. The summed E-state index contributed by atoms with van der Waals surface area (Å²) in [7, 11) is -5.77. The van der Waals surface area contributed by atoms with Gasteiger partial charge in [-0.1, -0.05) is 26.0 Å². The normalized spacial score (nSPS) is 33.9. The van der Waals surface area contributed by atoms with Gasteiger partial charge >= 0.3 is 0 Å². The van der Waals surface area contributed by atoms with Crippen molar-refractivity contribution < 1.29 is 31.6 Å². The standard InChI is InChI=1S/C23H42O7SSi/c1-17(2)16-32(3,4)28-15-20-19-9-7-8-18(11-13-31(24,25)26)29-21(19)14-22(20)30-23-10-5-6-12-27-23/h7,9,17-23H,5-6,8,10-16H2,1-4H3,(H,24,25,26)/t18-,19-,20-,21+,22-,23?/m1/s1. The van der Waals surface area contributed by atoms with Crippen LogP contribution in [0.25, 0.3) is 0 Å². The molecule has 2 fully saturated rings. The van der Waals surface area contributed by atoms with Gasteiger partial charge in [-0.05, 0) is 57.2 Å². The van der Waals surface area contributed by atoms with Crippen molar-refractivity contribution in [1.29, 1.82) is 0 Å². The minimum atomic E-state index is -3.99. The lowest BCUT2D eigenvalue weighted by Crippen LogP contribution is -2.38. The molecule has 0 aromatic carbocycles. The van der Waals surface area contributed by atoms with Gasteiger partial charge in [0.05, 0.1) is 24.1 Å². The molecule has 186 valence electrons. The Bertz CT molecular complexity index is 718. The summed E-state index contributed by atoms with van der Waals surface area (Å²) in [6.45, 7) is 10.4. The van der Waals surface area contributed by atoms with Crippen LogP contribution in [0, 0.1) is 17.8 Å². The minimum absolute atomic E-state index is 0.0121. The SMILES string of the molecule is CC(C)C[Si](C)(C)OC[C@@H]1[C@H]2C=CC[C@H](CCS(=O)(=O)O)O[C@H]2C[C@H]1OC1CCCCO1. The van der Waals surface area contributed by atoms with Crippen molar-refractivity contribution in [2.45, 2.75) is 96.1 Å². The van der Waals surface area contributed by atoms with Crippen molar-refractivity contribution in [2.75, 3.05) is 19.0 Å². The molecule has 0 spiro atoms. The fraction of sp³-hybridized carbons (Fsp3) is 0.913. The van der Waals surface area contributed by atoms with Crippen molar-refractivity contribution in [3.63, 3.8) is 0 Å². The molecule has 3 rings (SSSR count). The molecular formula is C23H42O7SSi. The highest BCUT2D eigenvalue weighted by molar-refractivity contribution is 7.85. The molecule has 0 aromatic heterocycles. The van der Waals surface area contributed by atoms with Crippen LogP contribution < -0.4 is 0 Å². The first-order valence-corrected chi connectivity index (χ1v) is 16.9. The number of ether oxygens (including phenoxy) is 3. The van der Waals surface area contributed by atoms with Gasteiger partial charge < -0.3 is 18.6 Å². The van der Waals surface area contributed by atoms with Gasteiger partial charge in [-0.15, -0.1) is 0 Å². The monoisotopic (exact) mass is 490 g/mol. The highest BCUT2D eigenvalue weighted by atomic mass is 32.2. The zero-order valence-electron chi connectivity index (χ0n) is 20.1. The van der Waals surface area contributed by atoms with Crippen LogP contribution in [0.1, 0.15) is 52.4 Å². The van der Waals surface area contributed by atoms with E-state index < -0.39 is 18.4 Å². The van der Waals surface area contributed by atoms with Crippen molar-refractivity contribution in [3.05, 3.63) is 12.2 Å². The maximum atomic E-state index is 11.2. The second-order valence-electron chi connectivity index (χ2n) is 10.7. The molecule has 32 heavy (non-hydrogen) atoms. The van der Waals surface area contributed by atoms with Crippen molar-refractivity contribution in [1.82, 2.24) is 0 Å². The van der Waals surface area contributed by atoms with Crippen LogP contribution in [-0.2, 0) is 28.8 Å². The van der Waals surface area contributed by atoms with Crippen molar-refractivity contribution in [3.8, 4) is 0 Å². The van der Waals surface area contributed by atoms with Gasteiger partial charge in [0, 0.05) is 31.5 Å². The van der Waals surface area contributed by atoms with Gasteiger partial charge in [0.2, 0.25) is 0 Å². The van der Waals surface area contributed by atoms with E-state index in [1.165, 1.54) is 0 Å². The molecule has 9 heteroatoms. The lowest BCUT2D eigenvalue weighted by molar-refractivity contribution is -0.197. The largest absolute Gasteiger partial charge is 0.417 e. The summed E-state index contributed by atoms with van der Waals surface area (Å²) in [5.41, 5.74) is 0. The quantitative estimate of drug-likeness (QED) is 0.276. The van der Waals surface area contributed by atoms with Gasteiger partial charge in [0.1, 0.15) is 0 Å². The van der Waals surface area contributed by atoms with Gasteiger partial charge in [-0.2, -0.15) is 8.42 Å². The zero-order chi connectivity index (χ0) is 23.4. The molecule has 1 saturated carbocycles. The van der Waals surface area contributed by atoms with E-state index in [0.717, 1.165) is 38.3 Å². The molecule has 2 heterocycles. The van der Waals surface area contributed by atoms with E-state index >= 15 is 0 Å². The average Bonchev–Trinajstić information content (AvgIpc) is 2.86. The number of hydrogen-bond donors (Lipinski definition) is 1. The van der Waals surface area contributed by atoms with E-state index in [-0.39, 0.29) is 42.2 Å². The van der Waals surface area contributed by atoms with Crippen LogP contribution in [0.2, 0.25) is 19.1 Å². The fourth-order valence-electron chi connectivity index (χ4n) is 5.41. The first-order chi connectivity index (χ1) is 15.0. The van der Waals surface area contributed by atoms with E-state index in [1.54, 1.807) is 0 Å². The summed E-state index contributed by atoms with van der Waals surface area (Å²) in [6.07, 6.45) is 8.68. The molecule has 1 saturated heterocycles. The molecular weight excluding hydrogens is 448 g/mol. The molecule has 0 aromatic rings. The Balaban J connectivity index is 1.69. The van der Waals surface area contributed by atoms with Crippen LogP contribution in [0.3, 0.4) is 0 Å². The van der Waals surface area contributed by atoms with E-state index in [2.05, 4.69) is 39.1 Å². The molecule has 7 nitrogen and oxygen atoms in total. The molecule has 0 radical (unpaired) electrons. The zero-order valence-corrected chi connectivity index (χ0v) is 21.9. The highest BCUT2D eigenvalue weighted by Crippen LogP contribution is 2.42. The molecule has 0 amide bonds. The Morgan fingerprint density at radius 1 is 1.25 bits per heavy atom. The number of hydrogen-bond acceptors (Lipinski definition) is 6. The maximum Gasteiger partial charge on any atom is 0.264 e. The summed E-state index contributed by atoms with van der Waals surface area (Å²) in [5.74, 6) is 0.685. The third-order valence-corrected chi connectivity index (χ3v) is 10.2. The predicted molar refractivity (Wildman–Crippen MR) is 127 cm³/mol. The second-order valence-corrected chi connectivity index (χ2v) is 16.4. The topological polar surface area (TPSA) is 91.3 Å². The molecule has 1 aliphatic carbocycles. The van der Waals surface area contributed by atoms with Crippen LogP contribution in [0.15, 0.2) is 12.2 Å². The first kappa shape index (κ1) is 26.3. The molecule has 6 atom stereocenters. The lowest BCUT2D eigenvalue weighted by Gasteiger charge is -2.32. The Labute approximate surface area is 195 Å². The number of fused-ring (bicyclic) bond motifs is 1. The summed E-state index contributed by atoms with van der Waals surface area (Å²) in [4.78, 5) is 0. The maximum absolute atomic E-state index is 11.2. The van der Waals surface area contributed by atoms with E-state index in [4.69, 9.17) is 23.2 Å². The summed E-state index contributed by atoms with van der Waals surface area (Å²) in [6, 6.07) is 1.12. The second kappa shape index (κ2) is 11.4. The lowest BCUT2D eigenvalue weighted by atomic mass is 9.94. The van der Waals surface area contributed by atoms with E-state index in [9.17, 15) is 8.42 Å². The van der Waals surface area contributed by atoms with Crippen molar-refractivity contribution >= 4 is 18.4 Å². The minimum Gasteiger partial charge on any atom is -0.417 e. The van der Waals surface area contributed by atoms with E-state index in [1.807, 2.05) is 0 Å². The summed E-state index contributed by atoms with van der Waals surface area (Å²) in [5, 5.41) is 0. The van der Waals surface area contributed by atoms with Crippen molar-refractivity contribution in [2.24, 2.45) is 17.8 Å². The van der Waals surface area contributed by atoms with Crippen LogP contribution in [-0.4, -0.2) is 64.9 Å². The summed E-state index contributed by atoms with van der Waals surface area (Å²) < 4.78 is 56.8. The Morgan fingerprint density at radius 2 is 2.03 bits per heavy atom. The van der Waals surface area contributed by atoms with Gasteiger partial charge in [0.25, 0.3) is 10.1 Å². The Hall–Kier alpha value is -0.293. The summed E-state index contributed by atoms with van der Waals surface area (Å²) >= 11 is 0. The molecule has 1 N–H and O–H groups in total. The van der Waals surface area contributed by atoms with Crippen LogP contribution in [0.5, 0.6) is 0 Å². The number of rotatable bonds is 10. The smallest absolute Gasteiger partial charge is 0.264 e. The molecule has 3 aliphatic rings. The highest BCUT2D eigenvalue weighted by Gasteiger charge is 2.46. The predicted octanol–water partition coefficient (Wildman–Crippen LogP) is 4.40. The average molecular weight is 491 g/mol. The molecule has 0 bridgehead atoms. The first-order valence-electron chi connectivity index (χ1n) is 12.2. The van der Waals surface area contributed by atoms with Gasteiger partial charge in [0.15, 0.2) is 14.6 Å². The molecule has 1 unspecified atom stereocenters. The fourth-order valence-corrected chi connectivity index (χ4v) is 8.69. The Morgan fingerprint density at radius 3 is 2.69 bits per heavy atom. The van der Waals surface area contributed by atoms with Gasteiger partial charge in [-0.25, -0.2) is 0 Å². The molecule has 2 aliphatic heterocycles. The van der Waals surface area contributed by atoms with E-state index in [0.29, 0.717) is 25.4 Å². The van der Waals surface area contributed by atoms with Crippen LogP contribution >= 0.6 is 0 Å². The van der Waals surface area contributed by atoms with Gasteiger partial charge in [-0.3, -0.25) is 4.55 Å².